The highest BCUT2D eigenvalue weighted by Gasteiger charge is 2.23. The topological polar surface area (TPSA) is 88.8 Å². The van der Waals surface area contributed by atoms with Gasteiger partial charge in [-0.05, 0) is 27.7 Å². The molecule has 0 aromatic heterocycles. The number of hydrogen-bond acceptors (Lipinski definition) is 6. The van der Waals surface area contributed by atoms with E-state index in [1.807, 2.05) is 27.7 Å². The Balaban J connectivity index is 2.41. The second kappa shape index (κ2) is 7.78. The zero-order chi connectivity index (χ0) is 15.2. The predicted octanol–water partition coefficient (Wildman–Crippen LogP) is 0.0637. The lowest BCUT2D eigenvalue weighted by molar-refractivity contribution is 0.000450. The highest BCUT2D eigenvalue weighted by Crippen LogP contribution is 2.07. The summed E-state index contributed by atoms with van der Waals surface area (Å²) in [6, 6.07) is -0.168. The summed E-state index contributed by atoms with van der Waals surface area (Å²) in [6.45, 7) is 10.9. The number of alkyl carbamates (subject to hydrolysis) is 1. The van der Waals surface area contributed by atoms with E-state index in [4.69, 9.17) is 15.2 Å². The van der Waals surface area contributed by atoms with Gasteiger partial charge in [-0.25, -0.2) is 15.2 Å². The fourth-order valence-corrected chi connectivity index (χ4v) is 1.89. The molecule has 1 heterocycles. The van der Waals surface area contributed by atoms with Crippen molar-refractivity contribution in [3.8, 4) is 0 Å². The maximum atomic E-state index is 11.7. The van der Waals surface area contributed by atoms with Crippen LogP contribution < -0.4 is 16.5 Å². The third-order valence-electron chi connectivity index (χ3n) is 2.96. The SMILES string of the molecule is CC(NC(=O)OC(C)(C)C)C(CN)NN1CCOCC1. The minimum Gasteiger partial charge on any atom is -0.444 e. The Labute approximate surface area is 121 Å². The number of carbonyl (C=O) groups excluding carboxylic acids is 1. The highest BCUT2D eigenvalue weighted by molar-refractivity contribution is 5.68. The van der Waals surface area contributed by atoms with E-state index in [2.05, 4.69) is 15.8 Å². The number of amides is 1. The summed E-state index contributed by atoms with van der Waals surface area (Å²) in [6.07, 6.45) is -0.424. The van der Waals surface area contributed by atoms with E-state index in [9.17, 15) is 4.79 Å². The third kappa shape index (κ3) is 6.51. The summed E-state index contributed by atoms with van der Waals surface area (Å²) in [7, 11) is 0. The van der Waals surface area contributed by atoms with Crippen molar-refractivity contribution in [3.05, 3.63) is 0 Å². The van der Waals surface area contributed by atoms with E-state index < -0.39 is 11.7 Å². The van der Waals surface area contributed by atoms with Gasteiger partial charge < -0.3 is 20.5 Å². The average molecular weight is 288 g/mol. The van der Waals surface area contributed by atoms with Crippen molar-refractivity contribution in [3.63, 3.8) is 0 Å². The van der Waals surface area contributed by atoms with Gasteiger partial charge in [-0.1, -0.05) is 0 Å². The molecular weight excluding hydrogens is 260 g/mol. The number of nitrogens with one attached hydrogen (secondary N) is 2. The highest BCUT2D eigenvalue weighted by atomic mass is 16.6. The number of carbonyl (C=O) groups is 1. The van der Waals surface area contributed by atoms with Crippen LogP contribution in [0.5, 0.6) is 0 Å². The van der Waals surface area contributed by atoms with Crippen LogP contribution in [0.15, 0.2) is 0 Å². The molecule has 1 saturated heterocycles. The Morgan fingerprint density at radius 3 is 2.50 bits per heavy atom. The summed E-state index contributed by atoms with van der Waals surface area (Å²) >= 11 is 0. The van der Waals surface area contributed by atoms with Gasteiger partial charge in [0.05, 0.1) is 19.3 Å². The molecule has 2 unspecified atom stereocenters. The molecule has 0 saturated carbocycles. The Morgan fingerprint density at radius 2 is 2.00 bits per heavy atom. The summed E-state index contributed by atoms with van der Waals surface area (Å²) in [5.41, 5.74) is 8.61. The van der Waals surface area contributed by atoms with Crippen LogP contribution in [0.25, 0.3) is 0 Å². The molecule has 0 bridgehead atoms. The Bertz CT molecular complexity index is 300. The van der Waals surface area contributed by atoms with Gasteiger partial charge in [0, 0.05) is 25.7 Å². The number of morpholine rings is 1. The molecule has 1 amide bonds. The second-order valence-corrected chi connectivity index (χ2v) is 6.01. The predicted molar refractivity (Wildman–Crippen MR) is 77.2 cm³/mol. The summed E-state index contributed by atoms with van der Waals surface area (Å²) in [4.78, 5) is 11.7. The van der Waals surface area contributed by atoms with Gasteiger partial charge in [-0.2, -0.15) is 0 Å². The van der Waals surface area contributed by atoms with Crippen LogP contribution in [0.4, 0.5) is 4.79 Å². The van der Waals surface area contributed by atoms with E-state index in [1.54, 1.807) is 0 Å². The lowest BCUT2D eigenvalue weighted by atomic mass is 10.1. The standard InChI is InChI=1S/C13H28N4O3/c1-10(15-12(18)20-13(2,3)4)11(9-14)16-17-5-7-19-8-6-17/h10-11,16H,5-9,14H2,1-4H3,(H,15,18). The molecule has 0 aromatic carbocycles. The molecule has 118 valence electrons. The Morgan fingerprint density at radius 1 is 1.40 bits per heavy atom. The van der Waals surface area contributed by atoms with E-state index in [1.165, 1.54) is 0 Å². The second-order valence-electron chi connectivity index (χ2n) is 6.01. The van der Waals surface area contributed by atoms with Gasteiger partial charge in [0.25, 0.3) is 0 Å². The van der Waals surface area contributed by atoms with Gasteiger partial charge in [0.2, 0.25) is 0 Å². The monoisotopic (exact) mass is 288 g/mol. The largest absolute Gasteiger partial charge is 0.444 e. The number of rotatable bonds is 5. The van der Waals surface area contributed by atoms with Gasteiger partial charge in [-0.15, -0.1) is 0 Å². The van der Waals surface area contributed by atoms with Crippen LogP contribution in [0.2, 0.25) is 0 Å². The van der Waals surface area contributed by atoms with Crippen LogP contribution >= 0.6 is 0 Å². The van der Waals surface area contributed by atoms with Crippen molar-refractivity contribution in [2.45, 2.75) is 45.4 Å². The number of hydrogen-bond donors (Lipinski definition) is 3. The number of nitrogens with two attached hydrogens (primary N) is 1. The van der Waals surface area contributed by atoms with Crippen LogP contribution in [-0.4, -0.2) is 61.6 Å². The van der Waals surface area contributed by atoms with Gasteiger partial charge >= 0.3 is 6.09 Å². The fraction of sp³-hybridized carbons (Fsp3) is 0.923. The maximum absolute atomic E-state index is 11.7. The van der Waals surface area contributed by atoms with E-state index in [0.717, 1.165) is 13.1 Å². The zero-order valence-electron chi connectivity index (χ0n) is 12.9. The normalized spacial score (nSPS) is 20.2. The van der Waals surface area contributed by atoms with Crippen LogP contribution in [-0.2, 0) is 9.47 Å². The lowest BCUT2D eigenvalue weighted by Gasteiger charge is -2.34. The van der Waals surface area contributed by atoms with Gasteiger partial charge in [0.15, 0.2) is 0 Å². The van der Waals surface area contributed by atoms with Crippen LogP contribution in [0.3, 0.4) is 0 Å². The first-order valence-corrected chi connectivity index (χ1v) is 7.10. The quantitative estimate of drug-likeness (QED) is 0.663. The molecule has 1 rings (SSSR count). The molecule has 0 radical (unpaired) electrons. The molecule has 0 aromatic rings. The molecule has 4 N–H and O–H groups in total. The molecule has 1 fully saturated rings. The first-order valence-electron chi connectivity index (χ1n) is 7.10. The molecule has 2 atom stereocenters. The minimum absolute atomic E-state index is 0.0411. The van der Waals surface area contributed by atoms with E-state index in [-0.39, 0.29) is 12.1 Å². The van der Waals surface area contributed by atoms with Crippen molar-refractivity contribution in [1.82, 2.24) is 15.8 Å². The Hall–Kier alpha value is -0.890. The first-order chi connectivity index (χ1) is 9.31. The summed E-state index contributed by atoms with van der Waals surface area (Å²) in [5, 5.41) is 4.89. The van der Waals surface area contributed by atoms with E-state index >= 15 is 0 Å². The van der Waals surface area contributed by atoms with Crippen LogP contribution in [0.1, 0.15) is 27.7 Å². The maximum Gasteiger partial charge on any atom is 0.407 e. The molecule has 0 spiro atoms. The Kier molecular flexibility index (Phi) is 6.67. The fourth-order valence-electron chi connectivity index (χ4n) is 1.89. The minimum atomic E-state index is -0.500. The lowest BCUT2D eigenvalue weighted by Crippen LogP contribution is -2.59. The van der Waals surface area contributed by atoms with Crippen molar-refractivity contribution in [1.29, 1.82) is 0 Å². The average Bonchev–Trinajstić information content (AvgIpc) is 2.34. The first kappa shape index (κ1) is 17.2. The molecule has 1 aliphatic rings. The van der Waals surface area contributed by atoms with Crippen molar-refractivity contribution in [2.24, 2.45) is 5.73 Å². The van der Waals surface area contributed by atoms with Crippen molar-refractivity contribution in [2.75, 3.05) is 32.8 Å². The summed E-state index contributed by atoms with van der Waals surface area (Å²) in [5.74, 6) is 0. The molecular formula is C13H28N4O3. The number of hydrazine groups is 1. The zero-order valence-corrected chi connectivity index (χ0v) is 12.9. The van der Waals surface area contributed by atoms with E-state index in [0.29, 0.717) is 19.8 Å². The molecule has 1 aliphatic heterocycles. The smallest absolute Gasteiger partial charge is 0.407 e. The molecule has 0 aliphatic carbocycles. The van der Waals surface area contributed by atoms with Crippen LogP contribution in [0, 0.1) is 0 Å². The van der Waals surface area contributed by atoms with Crippen molar-refractivity contribution < 1.29 is 14.3 Å². The third-order valence-corrected chi connectivity index (χ3v) is 2.96. The molecule has 7 nitrogen and oxygen atoms in total. The molecule has 7 heteroatoms. The summed E-state index contributed by atoms with van der Waals surface area (Å²) < 4.78 is 10.5. The van der Waals surface area contributed by atoms with Gasteiger partial charge in [-0.3, -0.25) is 0 Å². The van der Waals surface area contributed by atoms with Gasteiger partial charge in [0.1, 0.15) is 5.60 Å². The van der Waals surface area contributed by atoms with Crippen molar-refractivity contribution >= 4 is 6.09 Å². The molecule has 20 heavy (non-hydrogen) atoms. The number of nitrogens with zero attached hydrogens (tertiary/aromatic N) is 1. The number of ether oxygens (including phenoxy) is 2.